The topological polar surface area (TPSA) is 69.6 Å². The van der Waals surface area contributed by atoms with Crippen LogP contribution in [0.5, 0.6) is 0 Å². The molecule has 0 saturated heterocycles. The van der Waals surface area contributed by atoms with Crippen LogP contribution >= 0.6 is 0 Å². The number of carbonyl (C=O) groups is 1. The Kier molecular flexibility index (Phi) is 5.09. The van der Waals surface area contributed by atoms with E-state index in [4.69, 9.17) is 5.11 Å². The van der Waals surface area contributed by atoms with E-state index in [2.05, 4.69) is 5.32 Å². The lowest BCUT2D eigenvalue weighted by Crippen LogP contribution is -2.39. The van der Waals surface area contributed by atoms with Gasteiger partial charge in [0, 0.05) is 24.8 Å². The van der Waals surface area contributed by atoms with Crippen molar-refractivity contribution in [2.24, 2.45) is 5.92 Å². The van der Waals surface area contributed by atoms with Gasteiger partial charge in [0.15, 0.2) is 0 Å². The van der Waals surface area contributed by atoms with Crippen molar-refractivity contribution in [2.75, 3.05) is 6.61 Å². The lowest BCUT2D eigenvalue weighted by Gasteiger charge is -2.31. The molecule has 1 fully saturated rings. The third kappa shape index (κ3) is 3.55. The third-order valence-electron chi connectivity index (χ3n) is 3.99. The molecule has 2 unspecified atom stereocenters. The number of aliphatic hydroxyl groups excluding tert-OH is 1. The van der Waals surface area contributed by atoms with Crippen molar-refractivity contribution < 1.29 is 19.4 Å². The van der Waals surface area contributed by atoms with Crippen LogP contribution in [-0.4, -0.2) is 28.8 Å². The minimum Gasteiger partial charge on any atom is -0.478 e. The lowest BCUT2D eigenvalue weighted by atomic mass is 9.85. The SMILES string of the molecule is O=C(O)c1ccc(F)c(CNC2CCCCC2CO)c1. The molecule has 1 aliphatic rings. The van der Waals surface area contributed by atoms with Crippen LogP contribution in [0.1, 0.15) is 41.6 Å². The van der Waals surface area contributed by atoms with Gasteiger partial charge >= 0.3 is 5.97 Å². The van der Waals surface area contributed by atoms with Crippen LogP contribution in [0.4, 0.5) is 4.39 Å². The van der Waals surface area contributed by atoms with Crippen LogP contribution in [0.3, 0.4) is 0 Å². The summed E-state index contributed by atoms with van der Waals surface area (Å²) in [6, 6.07) is 3.98. The second-order valence-electron chi connectivity index (χ2n) is 5.33. The molecule has 1 aromatic carbocycles. The van der Waals surface area contributed by atoms with Gasteiger partial charge in [-0.3, -0.25) is 0 Å². The predicted molar refractivity (Wildman–Crippen MR) is 73.0 cm³/mol. The Morgan fingerprint density at radius 2 is 2.10 bits per heavy atom. The molecule has 0 aromatic heterocycles. The predicted octanol–water partition coefficient (Wildman–Crippen LogP) is 2.16. The maximum Gasteiger partial charge on any atom is 0.335 e. The van der Waals surface area contributed by atoms with Crippen molar-refractivity contribution in [3.8, 4) is 0 Å². The van der Waals surface area contributed by atoms with E-state index in [1.54, 1.807) is 0 Å². The van der Waals surface area contributed by atoms with Crippen LogP contribution in [0.2, 0.25) is 0 Å². The van der Waals surface area contributed by atoms with Gasteiger partial charge in [0.05, 0.1) is 5.56 Å². The molecule has 110 valence electrons. The summed E-state index contributed by atoms with van der Waals surface area (Å²) in [6.45, 7) is 0.420. The summed E-state index contributed by atoms with van der Waals surface area (Å²) >= 11 is 0. The number of benzene rings is 1. The molecule has 2 rings (SSSR count). The van der Waals surface area contributed by atoms with Gasteiger partial charge in [-0.15, -0.1) is 0 Å². The third-order valence-corrected chi connectivity index (χ3v) is 3.99. The van der Waals surface area contributed by atoms with Crippen LogP contribution in [0.25, 0.3) is 0 Å². The Hall–Kier alpha value is -1.46. The molecular weight excluding hydrogens is 261 g/mol. The smallest absolute Gasteiger partial charge is 0.335 e. The van der Waals surface area contributed by atoms with Gasteiger partial charge in [0.2, 0.25) is 0 Å². The van der Waals surface area contributed by atoms with Crippen molar-refractivity contribution in [3.63, 3.8) is 0 Å². The highest BCUT2D eigenvalue weighted by Crippen LogP contribution is 2.24. The highest BCUT2D eigenvalue weighted by atomic mass is 19.1. The first kappa shape index (κ1) is 14.9. The molecule has 2 atom stereocenters. The first-order valence-corrected chi connectivity index (χ1v) is 6.97. The molecular formula is C15H20FNO3. The number of hydrogen-bond donors (Lipinski definition) is 3. The summed E-state index contributed by atoms with van der Waals surface area (Å²) in [6.07, 6.45) is 4.16. The monoisotopic (exact) mass is 281 g/mol. The van der Waals surface area contributed by atoms with Gasteiger partial charge in [0.1, 0.15) is 5.82 Å². The molecule has 1 aliphatic carbocycles. The summed E-state index contributed by atoms with van der Waals surface area (Å²) < 4.78 is 13.7. The summed E-state index contributed by atoms with van der Waals surface area (Å²) in [5.41, 5.74) is 0.442. The molecule has 1 saturated carbocycles. The van der Waals surface area contributed by atoms with Crippen molar-refractivity contribution in [2.45, 2.75) is 38.3 Å². The first-order chi connectivity index (χ1) is 9.61. The average Bonchev–Trinajstić information content (AvgIpc) is 2.46. The summed E-state index contributed by atoms with van der Waals surface area (Å²) in [7, 11) is 0. The van der Waals surface area contributed by atoms with Crippen LogP contribution < -0.4 is 5.32 Å². The number of rotatable bonds is 5. The molecule has 0 bridgehead atoms. The van der Waals surface area contributed by atoms with Crippen molar-refractivity contribution in [3.05, 3.63) is 35.1 Å². The first-order valence-electron chi connectivity index (χ1n) is 6.97. The summed E-state index contributed by atoms with van der Waals surface area (Å²) in [5.74, 6) is -1.26. The van der Waals surface area contributed by atoms with Crippen LogP contribution in [0, 0.1) is 11.7 Å². The van der Waals surface area contributed by atoms with E-state index >= 15 is 0 Å². The molecule has 3 N–H and O–H groups in total. The quantitative estimate of drug-likeness (QED) is 0.773. The van der Waals surface area contributed by atoms with Crippen LogP contribution in [-0.2, 0) is 6.54 Å². The van der Waals surface area contributed by atoms with Gasteiger partial charge in [-0.05, 0) is 37.0 Å². The van der Waals surface area contributed by atoms with E-state index in [0.717, 1.165) is 25.7 Å². The molecule has 0 aliphatic heterocycles. The Balaban J connectivity index is 2.02. The molecule has 0 spiro atoms. The lowest BCUT2D eigenvalue weighted by molar-refractivity contribution is 0.0696. The van der Waals surface area contributed by atoms with E-state index in [1.165, 1.54) is 18.2 Å². The van der Waals surface area contributed by atoms with E-state index in [0.29, 0.717) is 5.56 Å². The second kappa shape index (κ2) is 6.81. The molecule has 0 radical (unpaired) electrons. The Morgan fingerprint density at radius 1 is 1.35 bits per heavy atom. The highest BCUT2D eigenvalue weighted by Gasteiger charge is 2.24. The largest absolute Gasteiger partial charge is 0.478 e. The number of aromatic carboxylic acids is 1. The fourth-order valence-corrected chi connectivity index (χ4v) is 2.78. The van der Waals surface area contributed by atoms with Gasteiger partial charge in [-0.2, -0.15) is 0 Å². The molecule has 0 heterocycles. The van der Waals surface area contributed by atoms with E-state index in [9.17, 15) is 14.3 Å². The molecule has 1 aromatic rings. The zero-order valence-electron chi connectivity index (χ0n) is 11.3. The van der Waals surface area contributed by atoms with Crippen molar-refractivity contribution in [1.82, 2.24) is 5.32 Å². The standard InChI is InChI=1S/C15H20FNO3/c16-13-6-5-10(15(19)20)7-12(13)8-17-14-4-2-1-3-11(14)9-18/h5-7,11,14,17-18H,1-4,8-9H2,(H,19,20). The normalized spacial score (nSPS) is 22.7. The number of hydrogen-bond acceptors (Lipinski definition) is 3. The Bertz CT molecular complexity index is 478. The van der Waals surface area contributed by atoms with Gasteiger partial charge in [0.25, 0.3) is 0 Å². The Labute approximate surface area is 117 Å². The fourth-order valence-electron chi connectivity index (χ4n) is 2.78. The molecule has 0 amide bonds. The van der Waals surface area contributed by atoms with E-state index in [-0.39, 0.29) is 30.7 Å². The van der Waals surface area contributed by atoms with Gasteiger partial charge in [-0.1, -0.05) is 12.8 Å². The Morgan fingerprint density at radius 3 is 2.80 bits per heavy atom. The highest BCUT2D eigenvalue weighted by molar-refractivity contribution is 5.87. The zero-order chi connectivity index (χ0) is 14.5. The zero-order valence-corrected chi connectivity index (χ0v) is 11.3. The number of carboxylic acid groups (broad SMARTS) is 1. The summed E-state index contributed by atoms with van der Waals surface area (Å²) in [4.78, 5) is 10.9. The van der Waals surface area contributed by atoms with E-state index in [1.807, 2.05) is 0 Å². The fraction of sp³-hybridized carbons (Fsp3) is 0.533. The second-order valence-corrected chi connectivity index (χ2v) is 5.33. The average molecular weight is 281 g/mol. The number of carboxylic acids is 1. The molecule has 5 heteroatoms. The minimum atomic E-state index is -1.06. The van der Waals surface area contributed by atoms with Crippen molar-refractivity contribution >= 4 is 5.97 Å². The number of halogens is 1. The maximum absolute atomic E-state index is 13.7. The van der Waals surface area contributed by atoms with Gasteiger partial charge in [-0.25, -0.2) is 9.18 Å². The van der Waals surface area contributed by atoms with Gasteiger partial charge < -0.3 is 15.5 Å². The van der Waals surface area contributed by atoms with Crippen molar-refractivity contribution in [1.29, 1.82) is 0 Å². The van der Waals surface area contributed by atoms with Crippen LogP contribution in [0.15, 0.2) is 18.2 Å². The molecule has 4 nitrogen and oxygen atoms in total. The molecule has 20 heavy (non-hydrogen) atoms. The number of nitrogens with one attached hydrogen (secondary N) is 1. The minimum absolute atomic E-state index is 0.0885. The summed E-state index contributed by atoms with van der Waals surface area (Å²) in [5, 5.41) is 21.5. The number of aliphatic hydroxyl groups is 1. The maximum atomic E-state index is 13.7. The van der Waals surface area contributed by atoms with E-state index < -0.39 is 11.8 Å².